The maximum Gasteiger partial charge on any atom is 0.178 e. The average molecular weight is 301 g/mol. The molecular weight excluding hydrogens is 278 g/mol. The van der Waals surface area contributed by atoms with Gasteiger partial charge in [0.2, 0.25) is 0 Å². The van der Waals surface area contributed by atoms with E-state index in [9.17, 15) is 14.7 Å². The summed E-state index contributed by atoms with van der Waals surface area (Å²) in [6, 6.07) is 7.43. The summed E-state index contributed by atoms with van der Waals surface area (Å²) in [5, 5.41) is 9.18. The van der Waals surface area contributed by atoms with Crippen LogP contribution < -0.4 is 4.90 Å². The van der Waals surface area contributed by atoms with Gasteiger partial charge in [0.15, 0.2) is 11.6 Å². The number of allylic oxidation sites excluding steroid dienone is 4. The third kappa shape index (κ3) is 6.39. The minimum atomic E-state index is -0.121. The van der Waals surface area contributed by atoms with Crippen molar-refractivity contribution in [1.29, 1.82) is 0 Å². The SMILES string of the molecule is CCCN(CCC)c1ccc(O)cc1.O=C1C=CC(=O)C=C1. The molecule has 1 N–H and O–H groups in total. The van der Waals surface area contributed by atoms with Crippen LogP contribution in [0.2, 0.25) is 0 Å². The molecule has 0 saturated carbocycles. The van der Waals surface area contributed by atoms with Crippen LogP contribution in [0.15, 0.2) is 48.6 Å². The first-order chi connectivity index (χ1) is 10.6. The predicted molar refractivity (Wildman–Crippen MR) is 89.2 cm³/mol. The highest BCUT2D eigenvalue weighted by Crippen LogP contribution is 2.18. The van der Waals surface area contributed by atoms with Crippen molar-refractivity contribution < 1.29 is 14.7 Å². The van der Waals surface area contributed by atoms with Crippen LogP contribution in [-0.2, 0) is 9.59 Å². The molecular formula is C18H23NO3. The number of ketones is 2. The standard InChI is InChI=1S/C12H19NO.C6H4O2/c1-3-9-13(10-4-2)11-5-7-12(14)8-6-11;7-5-1-2-6(8)4-3-5/h5-8,14H,3-4,9-10H2,1-2H3;1-4H. The second kappa shape index (κ2) is 9.55. The Balaban J connectivity index is 0.000000255. The van der Waals surface area contributed by atoms with E-state index in [1.807, 2.05) is 12.1 Å². The molecule has 0 saturated heterocycles. The summed E-state index contributed by atoms with van der Waals surface area (Å²) in [5.74, 6) is 0.0934. The van der Waals surface area contributed by atoms with Gasteiger partial charge in [-0.2, -0.15) is 0 Å². The molecule has 0 spiro atoms. The fraction of sp³-hybridized carbons (Fsp3) is 0.333. The Morgan fingerprint density at radius 1 is 0.818 bits per heavy atom. The molecule has 0 aromatic heterocycles. The number of aromatic hydroxyl groups is 1. The Kier molecular flexibility index (Phi) is 7.68. The summed E-state index contributed by atoms with van der Waals surface area (Å²) in [5.41, 5.74) is 1.20. The third-order valence-corrected chi connectivity index (χ3v) is 3.03. The normalized spacial score (nSPS) is 12.8. The number of hydrogen-bond acceptors (Lipinski definition) is 4. The average Bonchev–Trinajstić information content (AvgIpc) is 2.52. The summed E-state index contributed by atoms with van der Waals surface area (Å²) in [6.07, 6.45) is 7.32. The quantitative estimate of drug-likeness (QED) is 0.848. The number of nitrogens with zero attached hydrogens (tertiary/aromatic N) is 1. The van der Waals surface area contributed by atoms with Crippen molar-refractivity contribution in [2.24, 2.45) is 0 Å². The fourth-order valence-electron chi connectivity index (χ4n) is 2.01. The van der Waals surface area contributed by atoms with Gasteiger partial charge in [-0.05, 0) is 61.4 Å². The van der Waals surface area contributed by atoms with E-state index in [0.29, 0.717) is 5.75 Å². The highest BCUT2D eigenvalue weighted by Gasteiger charge is 2.03. The summed E-state index contributed by atoms with van der Waals surface area (Å²) < 4.78 is 0. The number of rotatable bonds is 5. The highest BCUT2D eigenvalue weighted by molar-refractivity contribution is 6.14. The van der Waals surface area contributed by atoms with Crippen LogP contribution in [0, 0.1) is 0 Å². The first-order valence-corrected chi connectivity index (χ1v) is 7.54. The molecule has 1 aliphatic carbocycles. The molecule has 0 atom stereocenters. The van der Waals surface area contributed by atoms with E-state index >= 15 is 0 Å². The topological polar surface area (TPSA) is 57.6 Å². The van der Waals surface area contributed by atoms with Gasteiger partial charge < -0.3 is 10.0 Å². The van der Waals surface area contributed by atoms with Crippen molar-refractivity contribution in [3.63, 3.8) is 0 Å². The van der Waals surface area contributed by atoms with Crippen molar-refractivity contribution in [2.45, 2.75) is 26.7 Å². The zero-order valence-corrected chi connectivity index (χ0v) is 13.2. The summed E-state index contributed by atoms with van der Waals surface area (Å²) in [7, 11) is 0. The first kappa shape index (κ1) is 17.7. The van der Waals surface area contributed by atoms with Crippen molar-refractivity contribution in [3.05, 3.63) is 48.6 Å². The van der Waals surface area contributed by atoms with Crippen molar-refractivity contribution in [1.82, 2.24) is 0 Å². The zero-order chi connectivity index (χ0) is 16.4. The fourth-order valence-corrected chi connectivity index (χ4v) is 2.01. The predicted octanol–water partition coefficient (Wildman–Crippen LogP) is 3.27. The molecule has 2 rings (SSSR count). The van der Waals surface area contributed by atoms with Gasteiger partial charge in [0.1, 0.15) is 5.75 Å². The van der Waals surface area contributed by atoms with E-state index in [1.165, 1.54) is 30.0 Å². The maximum atomic E-state index is 10.3. The summed E-state index contributed by atoms with van der Waals surface area (Å²) in [4.78, 5) is 22.9. The van der Waals surface area contributed by atoms with Crippen LogP contribution in [0.25, 0.3) is 0 Å². The lowest BCUT2D eigenvalue weighted by molar-refractivity contribution is -0.113. The second-order valence-electron chi connectivity index (χ2n) is 4.97. The molecule has 0 heterocycles. The monoisotopic (exact) mass is 301 g/mol. The van der Waals surface area contributed by atoms with Crippen molar-refractivity contribution >= 4 is 17.3 Å². The first-order valence-electron chi connectivity index (χ1n) is 7.54. The maximum absolute atomic E-state index is 10.3. The van der Waals surface area contributed by atoms with Crippen molar-refractivity contribution in [2.75, 3.05) is 18.0 Å². The van der Waals surface area contributed by atoms with Crippen LogP contribution >= 0.6 is 0 Å². The van der Waals surface area contributed by atoms with Gasteiger partial charge >= 0.3 is 0 Å². The van der Waals surface area contributed by atoms with Gasteiger partial charge in [0.25, 0.3) is 0 Å². The number of carbonyl (C=O) groups is 2. The van der Waals surface area contributed by atoms with Crippen LogP contribution in [0.5, 0.6) is 5.75 Å². The number of benzene rings is 1. The molecule has 1 aliphatic rings. The van der Waals surface area contributed by atoms with Gasteiger partial charge in [-0.25, -0.2) is 0 Å². The molecule has 0 amide bonds. The molecule has 118 valence electrons. The van der Waals surface area contributed by atoms with Crippen molar-refractivity contribution in [3.8, 4) is 5.75 Å². The van der Waals surface area contributed by atoms with E-state index in [1.54, 1.807) is 12.1 Å². The lowest BCUT2D eigenvalue weighted by atomic mass is 10.2. The van der Waals surface area contributed by atoms with Gasteiger partial charge in [0, 0.05) is 18.8 Å². The number of anilines is 1. The minimum absolute atomic E-state index is 0.121. The lowest BCUT2D eigenvalue weighted by Crippen LogP contribution is -2.24. The Morgan fingerprint density at radius 3 is 1.59 bits per heavy atom. The summed E-state index contributed by atoms with van der Waals surface area (Å²) in [6.45, 7) is 6.53. The Hall–Kier alpha value is -2.36. The molecule has 4 nitrogen and oxygen atoms in total. The Morgan fingerprint density at radius 2 is 1.23 bits per heavy atom. The highest BCUT2D eigenvalue weighted by atomic mass is 16.3. The Bertz CT molecular complexity index is 500. The zero-order valence-electron chi connectivity index (χ0n) is 13.2. The van der Waals surface area contributed by atoms with E-state index < -0.39 is 0 Å². The van der Waals surface area contributed by atoms with Crippen LogP contribution in [0.1, 0.15) is 26.7 Å². The number of phenols is 1. The Labute approximate surface area is 131 Å². The van der Waals surface area contributed by atoms with Gasteiger partial charge in [-0.1, -0.05) is 13.8 Å². The van der Waals surface area contributed by atoms with E-state index in [4.69, 9.17) is 0 Å². The van der Waals surface area contributed by atoms with Gasteiger partial charge in [-0.15, -0.1) is 0 Å². The van der Waals surface area contributed by atoms with Crippen LogP contribution in [-0.4, -0.2) is 29.8 Å². The minimum Gasteiger partial charge on any atom is -0.508 e. The van der Waals surface area contributed by atoms with E-state index in [2.05, 4.69) is 18.7 Å². The molecule has 4 heteroatoms. The molecule has 22 heavy (non-hydrogen) atoms. The second-order valence-corrected chi connectivity index (χ2v) is 4.97. The largest absolute Gasteiger partial charge is 0.508 e. The number of phenolic OH excluding ortho intramolecular Hbond substituents is 1. The molecule has 0 aliphatic heterocycles. The van der Waals surface area contributed by atoms with Gasteiger partial charge in [0.05, 0.1) is 0 Å². The smallest absolute Gasteiger partial charge is 0.178 e. The van der Waals surface area contributed by atoms with Crippen LogP contribution in [0.4, 0.5) is 5.69 Å². The number of carbonyl (C=O) groups excluding carboxylic acids is 2. The third-order valence-electron chi connectivity index (χ3n) is 3.03. The van der Waals surface area contributed by atoms with Gasteiger partial charge in [-0.3, -0.25) is 9.59 Å². The molecule has 1 aromatic carbocycles. The number of hydrogen-bond donors (Lipinski definition) is 1. The summed E-state index contributed by atoms with van der Waals surface area (Å²) >= 11 is 0. The molecule has 0 bridgehead atoms. The molecule has 1 aromatic rings. The van der Waals surface area contributed by atoms with E-state index in [0.717, 1.165) is 25.9 Å². The molecule has 0 fully saturated rings. The molecule has 0 radical (unpaired) electrons. The van der Waals surface area contributed by atoms with Crippen LogP contribution in [0.3, 0.4) is 0 Å². The van der Waals surface area contributed by atoms with E-state index in [-0.39, 0.29) is 11.6 Å². The lowest BCUT2D eigenvalue weighted by Gasteiger charge is -2.23. The molecule has 0 unspecified atom stereocenters.